The van der Waals surface area contributed by atoms with Gasteiger partial charge in [0, 0.05) is 24.4 Å². The highest BCUT2D eigenvalue weighted by molar-refractivity contribution is 7.99. The van der Waals surface area contributed by atoms with Gasteiger partial charge in [0.05, 0.1) is 30.6 Å². The highest BCUT2D eigenvalue weighted by Gasteiger charge is 2.30. The Labute approximate surface area is 152 Å². The zero-order valence-corrected chi connectivity index (χ0v) is 14.9. The molecule has 0 radical (unpaired) electrons. The molecule has 0 bridgehead atoms. The zero-order chi connectivity index (χ0) is 19.2. The lowest BCUT2D eigenvalue weighted by atomic mass is 10.2. The van der Waals surface area contributed by atoms with Gasteiger partial charge in [0.1, 0.15) is 11.5 Å². The number of carbonyl (C=O) groups excluding carboxylic acids is 1. The third-order valence-electron chi connectivity index (χ3n) is 3.39. The predicted molar refractivity (Wildman–Crippen MR) is 91.4 cm³/mol. The number of halogens is 3. The molecule has 26 heavy (non-hydrogen) atoms. The van der Waals surface area contributed by atoms with Crippen LogP contribution in [0, 0.1) is 0 Å². The first-order chi connectivity index (χ1) is 12.3. The van der Waals surface area contributed by atoms with Crippen LogP contribution in [0.4, 0.5) is 13.2 Å². The summed E-state index contributed by atoms with van der Waals surface area (Å²) >= 11 is 1.06. The Bertz CT molecular complexity index is 752. The fourth-order valence-electron chi connectivity index (χ4n) is 2.02. The Morgan fingerprint density at radius 2 is 1.96 bits per heavy atom. The highest BCUT2D eigenvalue weighted by atomic mass is 32.2. The fourth-order valence-corrected chi connectivity index (χ4v) is 2.69. The Balaban J connectivity index is 1.86. The van der Waals surface area contributed by atoms with Crippen LogP contribution in [0.1, 0.15) is 11.1 Å². The molecule has 5 nitrogen and oxygen atoms in total. The van der Waals surface area contributed by atoms with Gasteiger partial charge in [-0.1, -0.05) is 11.8 Å². The van der Waals surface area contributed by atoms with E-state index in [9.17, 15) is 18.0 Å². The maximum Gasteiger partial charge on any atom is 0.417 e. The van der Waals surface area contributed by atoms with Crippen molar-refractivity contribution in [3.05, 3.63) is 47.7 Å². The Hall–Kier alpha value is -2.42. The van der Waals surface area contributed by atoms with E-state index < -0.39 is 11.7 Å². The molecule has 1 aromatic heterocycles. The van der Waals surface area contributed by atoms with E-state index in [1.54, 1.807) is 25.3 Å². The summed E-state index contributed by atoms with van der Waals surface area (Å²) < 4.78 is 47.8. The SMILES string of the molecule is COc1ccc(CNC(=O)CSc2ccc(C(F)(F)F)cn2)c(OC)c1. The first kappa shape index (κ1) is 19.9. The minimum Gasteiger partial charge on any atom is -0.497 e. The van der Waals surface area contributed by atoms with E-state index in [1.807, 2.05) is 0 Å². The van der Waals surface area contributed by atoms with Crippen molar-refractivity contribution in [1.29, 1.82) is 0 Å². The van der Waals surface area contributed by atoms with Crippen molar-refractivity contribution in [2.45, 2.75) is 17.7 Å². The summed E-state index contributed by atoms with van der Waals surface area (Å²) in [5.41, 5.74) is -0.0443. The van der Waals surface area contributed by atoms with E-state index >= 15 is 0 Å². The van der Waals surface area contributed by atoms with Gasteiger partial charge in [-0.15, -0.1) is 0 Å². The van der Waals surface area contributed by atoms with Crippen LogP contribution in [-0.4, -0.2) is 30.9 Å². The number of thioether (sulfide) groups is 1. The molecule has 140 valence electrons. The van der Waals surface area contributed by atoms with Gasteiger partial charge in [-0.3, -0.25) is 4.79 Å². The molecule has 1 amide bonds. The molecule has 0 unspecified atom stereocenters. The van der Waals surface area contributed by atoms with Gasteiger partial charge >= 0.3 is 6.18 Å². The largest absolute Gasteiger partial charge is 0.497 e. The second-order valence-electron chi connectivity index (χ2n) is 5.13. The monoisotopic (exact) mass is 386 g/mol. The van der Waals surface area contributed by atoms with Crippen LogP contribution < -0.4 is 14.8 Å². The normalized spacial score (nSPS) is 11.1. The van der Waals surface area contributed by atoms with Gasteiger partial charge in [-0.25, -0.2) is 4.98 Å². The molecule has 2 rings (SSSR count). The lowest BCUT2D eigenvalue weighted by Gasteiger charge is -2.11. The van der Waals surface area contributed by atoms with Crippen LogP contribution in [-0.2, 0) is 17.5 Å². The van der Waals surface area contributed by atoms with E-state index in [0.717, 1.165) is 29.6 Å². The second-order valence-corrected chi connectivity index (χ2v) is 6.12. The number of nitrogens with zero attached hydrogens (tertiary/aromatic N) is 1. The molecule has 0 aliphatic rings. The van der Waals surface area contributed by atoms with Crippen LogP contribution in [0.2, 0.25) is 0 Å². The third-order valence-corrected chi connectivity index (χ3v) is 4.33. The van der Waals surface area contributed by atoms with E-state index in [2.05, 4.69) is 10.3 Å². The number of nitrogens with one attached hydrogen (secondary N) is 1. The lowest BCUT2D eigenvalue weighted by molar-refractivity contribution is -0.137. The Morgan fingerprint density at radius 3 is 2.54 bits per heavy atom. The van der Waals surface area contributed by atoms with Gasteiger partial charge in [-0.05, 0) is 24.3 Å². The van der Waals surface area contributed by atoms with Gasteiger partial charge in [0.15, 0.2) is 0 Å². The first-order valence-electron chi connectivity index (χ1n) is 7.47. The topological polar surface area (TPSA) is 60.5 Å². The minimum atomic E-state index is -4.43. The molecular formula is C17H17F3N2O3S. The summed E-state index contributed by atoms with van der Waals surface area (Å²) in [4.78, 5) is 15.6. The predicted octanol–water partition coefficient (Wildman–Crippen LogP) is 3.53. The smallest absolute Gasteiger partial charge is 0.417 e. The Morgan fingerprint density at radius 1 is 1.19 bits per heavy atom. The molecular weight excluding hydrogens is 369 g/mol. The number of hydrogen-bond acceptors (Lipinski definition) is 5. The highest BCUT2D eigenvalue weighted by Crippen LogP contribution is 2.29. The van der Waals surface area contributed by atoms with Crippen LogP contribution in [0.3, 0.4) is 0 Å². The molecule has 0 saturated carbocycles. The number of methoxy groups -OCH3 is 2. The van der Waals surface area contributed by atoms with Crippen molar-refractivity contribution in [3.8, 4) is 11.5 Å². The number of alkyl halides is 3. The Kier molecular flexibility index (Phi) is 6.73. The number of ether oxygens (including phenoxy) is 2. The molecule has 0 saturated heterocycles. The van der Waals surface area contributed by atoms with Crippen LogP contribution in [0.25, 0.3) is 0 Å². The number of aromatic nitrogens is 1. The lowest BCUT2D eigenvalue weighted by Crippen LogP contribution is -2.24. The number of hydrogen-bond donors (Lipinski definition) is 1. The van der Waals surface area contributed by atoms with Crippen molar-refractivity contribution in [2.24, 2.45) is 0 Å². The zero-order valence-electron chi connectivity index (χ0n) is 14.1. The molecule has 0 atom stereocenters. The molecule has 0 aliphatic carbocycles. The maximum absolute atomic E-state index is 12.5. The van der Waals surface area contributed by atoms with Gasteiger partial charge in [0.25, 0.3) is 0 Å². The van der Waals surface area contributed by atoms with Crippen LogP contribution in [0.5, 0.6) is 11.5 Å². The minimum absolute atomic E-state index is 0.0385. The second kappa shape index (κ2) is 8.79. The van der Waals surface area contributed by atoms with Crippen molar-refractivity contribution < 1.29 is 27.4 Å². The molecule has 1 aromatic carbocycles. The molecule has 0 aliphatic heterocycles. The van der Waals surface area contributed by atoms with Crippen LogP contribution >= 0.6 is 11.8 Å². The molecule has 0 fully saturated rings. The van der Waals surface area contributed by atoms with Crippen molar-refractivity contribution in [3.63, 3.8) is 0 Å². The summed E-state index contributed by atoms with van der Waals surface area (Å²) in [5, 5.41) is 3.07. The van der Waals surface area contributed by atoms with E-state index in [-0.39, 0.29) is 18.2 Å². The number of carbonyl (C=O) groups is 1. The van der Waals surface area contributed by atoms with Crippen molar-refractivity contribution in [1.82, 2.24) is 10.3 Å². The summed E-state index contributed by atoms with van der Waals surface area (Å²) in [5.74, 6) is 0.994. The van der Waals surface area contributed by atoms with Gasteiger partial charge < -0.3 is 14.8 Å². The maximum atomic E-state index is 12.5. The standard InChI is InChI=1S/C17H17F3N2O3S/c1-24-13-5-3-11(14(7-13)25-2)8-21-15(23)10-26-16-6-4-12(9-22-16)17(18,19)20/h3-7,9H,8,10H2,1-2H3,(H,21,23). The number of rotatable bonds is 7. The quantitative estimate of drug-likeness (QED) is 0.738. The third kappa shape index (κ3) is 5.55. The summed E-state index contributed by atoms with van der Waals surface area (Å²) in [6.45, 7) is 0.257. The summed E-state index contributed by atoms with van der Waals surface area (Å²) in [6.07, 6.45) is -3.67. The van der Waals surface area contributed by atoms with E-state index in [0.29, 0.717) is 16.5 Å². The average molecular weight is 386 g/mol. The average Bonchev–Trinajstić information content (AvgIpc) is 2.64. The number of amides is 1. The number of pyridine rings is 1. The fraction of sp³-hybridized carbons (Fsp3) is 0.294. The van der Waals surface area contributed by atoms with E-state index in [4.69, 9.17) is 9.47 Å². The molecule has 1 heterocycles. The van der Waals surface area contributed by atoms with Crippen molar-refractivity contribution >= 4 is 17.7 Å². The molecule has 2 aromatic rings. The molecule has 9 heteroatoms. The molecule has 1 N–H and O–H groups in total. The van der Waals surface area contributed by atoms with Crippen molar-refractivity contribution in [2.75, 3.05) is 20.0 Å². The van der Waals surface area contributed by atoms with Crippen LogP contribution in [0.15, 0.2) is 41.6 Å². The number of benzene rings is 1. The first-order valence-corrected chi connectivity index (χ1v) is 8.45. The van der Waals surface area contributed by atoms with Gasteiger partial charge in [0.2, 0.25) is 5.91 Å². The van der Waals surface area contributed by atoms with Gasteiger partial charge in [-0.2, -0.15) is 13.2 Å². The van der Waals surface area contributed by atoms with E-state index in [1.165, 1.54) is 13.2 Å². The molecule has 0 spiro atoms. The summed E-state index contributed by atoms with van der Waals surface area (Å²) in [7, 11) is 3.06. The summed E-state index contributed by atoms with van der Waals surface area (Å²) in [6, 6.07) is 7.43.